The van der Waals surface area contributed by atoms with Crippen LogP contribution in [0.25, 0.3) is 0 Å². The Balaban J connectivity index is 0.00000364. The van der Waals surface area contributed by atoms with E-state index in [9.17, 15) is 8.42 Å². The standard InChI is InChI=1S/C17H22N4O4S.HI/c1-24-15-8-5-13(9-16(15)25-2)11-21-17(18)20-10-12-3-6-14(7-4-12)26(19,22)23;/h3-9H,10-11H2,1-2H3,(H3,18,20,21)(H2,19,22,23);1H. The highest BCUT2D eigenvalue weighted by atomic mass is 127. The Morgan fingerprint density at radius 3 is 2.19 bits per heavy atom. The van der Waals surface area contributed by atoms with Crippen molar-refractivity contribution in [3.8, 4) is 11.5 Å². The molecule has 0 heterocycles. The minimum atomic E-state index is -3.69. The quantitative estimate of drug-likeness (QED) is 0.297. The fraction of sp³-hybridized carbons (Fsp3) is 0.235. The van der Waals surface area contributed by atoms with Crippen LogP contribution in [0.1, 0.15) is 11.1 Å². The van der Waals surface area contributed by atoms with Crippen LogP contribution in [-0.2, 0) is 23.1 Å². The fourth-order valence-electron chi connectivity index (χ4n) is 2.20. The molecule has 5 N–H and O–H groups in total. The monoisotopic (exact) mass is 506 g/mol. The summed E-state index contributed by atoms with van der Waals surface area (Å²) >= 11 is 0. The Labute approximate surface area is 176 Å². The number of nitrogens with zero attached hydrogens (tertiary/aromatic N) is 1. The molecule has 0 aromatic heterocycles. The highest BCUT2D eigenvalue weighted by Crippen LogP contribution is 2.27. The van der Waals surface area contributed by atoms with E-state index in [1.165, 1.54) is 12.1 Å². The Morgan fingerprint density at radius 1 is 1.04 bits per heavy atom. The van der Waals surface area contributed by atoms with Gasteiger partial charge in [0.05, 0.1) is 25.7 Å². The number of ether oxygens (including phenoxy) is 2. The molecule has 2 aromatic rings. The highest BCUT2D eigenvalue weighted by molar-refractivity contribution is 14.0. The van der Waals surface area contributed by atoms with E-state index in [4.69, 9.17) is 20.3 Å². The van der Waals surface area contributed by atoms with Gasteiger partial charge in [0.25, 0.3) is 0 Å². The van der Waals surface area contributed by atoms with Crippen LogP contribution in [0.2, 0.25) is 0 Å². The molecule has 0 amide bonds. The average molecular weight is 506 g/mol. The summed E-state index contributed by atoms with van der Waals surface area (Å²) in [6.45, 7) is 0.787. The van der Waals surface area contributed by atoms with Gasteiger partial charge in [-0.3, -0.25) is 0 Å². The minimum Gasteiger partial charge on any atom is -0.493 e. The summed E-state index contributed by atoms with van der Waals surface area (Å²) in [5, 5.41) is 8.03. The zero-order valence-corrected chi connectivity index (χ0v) is 18.2. The Hall–Kier alpha value is -2.05. The first kappa shape index (κ1) is 23.0. The number of hydrogen-bond acceptors (Lipinski definition) is 5. The summed E-state index contributed by atoms with van der Waals surface area (Å²) < 4.78 is 32.9. The van der Waals surface area contributed by atoms with Crippen LogP contribution < -0.4 is 25.7 Å². The number of methoxy groups -OCH3 is 2. The molecular weight excluding hydrogens is 483 g/mol. The SMILES string of the molecule is COc1ccc(CN=C(N)NCc2ccc(S(N)(=O)=O)cc2)cc1OC.I. The van der Waals surface area contributed by atoms with Gasteiger partial charge < -0.3 is 20.5 Å². The van der Waals surface area contributed by atoms with E-state index in [0.29, 0.717) is 24.6 Å². The molecule has 0 saturated carbocycles. The van der Waals surface area contributed by atoms with Crippen LogP contribution in [0.15, 0.2) is 52.4 Å². The molecule has 0 unspecified atom stereocenters. The third-order valence-electron chi connectivity index (χ3n) is 3.61. The predicted molar refractivity (Wildman–Crippen MR) is 115 cm³/mol. The van der Waals surface area contributed by atoms with Crippen molar-refractivity contribution in [3.05, 3.63) is 53.6 Å². The maximum absolute atomic E-state index is 11.2. The van der Waals surface area contributed by atoms with Crippen molar-refractivity contribution in [2.45, 2.75) is 18.0 Å². The van der Waals surface area contributed by atoms with Crippen molar-refractivity contribution in [3.63, 3.8) is 0 Å². The van der Waals surface area contributed by atoms with E-state index >= 15 is 0 Å². The van der Waals surface area contributed by atoms with Crippen LogP contribution in [-0.4, -0.2) is 28.6 Å². The lowest BCUT2D eigenvalue weighted by Gasteiger charge is -2.09. The van der Waals surface area contributed by atoms with E-state index in [1.807, 2.05) is 12.1 Å². The normalized spacial score (nSPS) is 11.4. The number of nitrogens with one attached hydrogen (secondary N) is 1. The molecule has 0 aliphatic carbocycles. The van der Waals surface area contributed by atoms with Gasteiger partial charge in [0.2, 0.25) is 10.0 Å². The van der Waals surface area contributed by atoms with E-state index in [0.717, 1.165) is 11.1 Å². The van der Waals surface area contributed by atoms with Gasteiger partial charge in [-0.15, -0.1) is 24.0 Å². The first-order chi connectivity index (χ1) is 12.3. The number of rotatable bonds is 7. The lowest BCUT2D eigenvalue weighted by molar-refractivity contribution is 0.354. The minimum absolute atomic E-state index is 0. The summed E-state index contributed by atoms with van der Waals surface area (Å²) in [5.74, 6) is 1.55. The summed E-state index contributed by atoms with van der Waals surface area (Å²) in [4.78, 5) is 4.33. The average Bonchev–Trinajstić information content (AvgIpc) is 2.64. The second-order valence-corrected chi connectivity index (χ2v) is 6.99. The van der Waals surface area contributed by atoms with Crippen molar-refractivity contribution in [2.24, 2.45) is 15.9 Å². The third kappa shape index (κ3) is 6.88. The van der Waals surface area contributed by atoms with Gasteiger partial charge in [-0.25, -0.2) is 18.5 Å². The molecule has 8 nitrogen and oxygen atoms in total. The van der Waals surface area contributed by atoms with Crippen LogP contribution >= 0.6 is 24.0 Å². The summed E-state index contributed by atoms with van der Waals surface area (Å²) in [6, 6.07) is 11.7. The molecule has 2 aromatic carbocycles. The number of guanidine groups is 1. The highest BCUT2D eigenvalue weighted by Gasteiger charge is 2.07. The summed E-state index contributed by atoms with van der Waals surface area (Å²) in [6.07, 6.45) is 0. The van der Waals surface area contributed by atoms with Gasteiger partial charge in [0.1, 0.15) is 0 Å². The van der Waals surface area contributed by atoms with Crippen molar-refractivity contribution < 1.29 is 17.9 Å². The maximum Gasteiger partial charge on any atom is 0.238 e. The fourth-order valence-corrected chi connectivity index (χ4v) is 2.72. The lowest BCUT2D eigenvalue weighted by Crippen LogP contribution is -2.31. The molecule has 0 atom stereocenters. The predicted octanol–water partition coefficient (Wildman–Crippen LogP) is 1.57. The van der Waals surface area contributed by atoms with Gasteiger partial charge >= 0.3 is 0 Å². The molecule has 0 fully saturated rings. The molecule has 0 aliphatic rings. The maximum atomic E-state index is 11.2. The summed E-state index contributed by atoms with van der Waals surface area (Å²) in [7, 11) is -0.541. The lowest BCUT2D eigenvalue weighted by atomic mass is 10.2. The summed E-state index contributed by atoms with van der Waals surface area (Å²) in [5.41, 5.74) is 7.63. The number of aliphatic imine (C=N–C) groups is 1. The van der Waals surface area contributed by atoms with E-state index in [1.54, 1.807) is 32.4 Å². The van der Waals surface area contributed by atoms with Crippen molar-refractivity contribution in [1.82, 2.24) is 5.32 Å². The second-order valence-electron chi connectivity index (χ2n) is 5.43. The van der Waals surface area contributed by atoms with E-state index in [-0.39, 0.29) is 34.8 Å². The first-order valence-corrected chi connectivity index (χ1v) is 9.24. The number of benzene rings is 2. The van der Waals surface area contributed by atoms with Crippen molar-refractivity contribution in [1.29, 1.82) is 0 Å². The molecule has 10 heteroatoms. The molecule has 27 heavy (non-hydrogen) atoms. The molecule has 0 spiro atoms. The van der Waals surface area contributed by atoms with E-state index < -0.39 is 10.0 Å². The van der Waals surface area contributed by atoms with Crippen LogP contribution in [0.3, 0.4) is 0 Å². The van der Waals surface area contributed by atoms with Crippen LogP contribution in [0.4, 0.5) is 0 Å². The van der Waals surface area contributed by atoms with Crippen LogP contribution in [0, 0.1) is 0 Å². The molecule has 0 radical (unpaired) electrons. The number of sulfonamides is 1. The van der Waals surface area contributed by atoms with Crippen LogP contribution in [0.5, 0.6) is 11.5 Å². The van der Waals surface area contributed by atoms with Gasteiger partial charge in [-0.1, -0.05) is 18.2 Å². The van der Waals surface area contributed by atoms with Gasteiger partial charge in [-0.2, -0.15) is 0 Å². The van der Waals surface area contributed by atoms with Crippen molar-refractivity contribution in [2.75, 3.05) is 14.2 Å². The number of halogens is 1. The number of primary sulfonamides is 1. The molecule has 0 bridgehead atoms. The first-order valence-electron chi connectivity index (χ1n) is 7.70. The number of nitrogens with two attached hydrogens (primary N) is 2. The zero-order chi connectivity index (χ0) is 19.2. The van der Waals surface area contributed by atoms with Gasteiger partial charge in [0.15, 0.2) is 17.5 Å². The van der Waals surface area contributed by atoms with Gasteiger partial charge in [0, 0.05) is 6.54 Å². The Kier molecular flexibility index (Phi) is 8.79. The molecule has 148 valence electrons. The van der Waals surface area contributed by atoms with E-state index in [2.05, 4.69) is 10.3 Å². The smallest absolute Gasteiger partial charge is 0.238 e. The Bertz CT molecular complexity index is 886. The van der Waals surface area contributed by atoms with Gasteiger partial charge in [-0.05, 0) is 35.4 Å². The van der Waals surface area contributed by atoms with Crippen molar-refractivity contribution >= 4 is 40.0 Å². The second kappa shape index (κ2) is 10.3. The number of hydrogen-bond donors (Lipinski definition) is 3. The topological polar surface area (TPSA) is 129 Å². The molecular formula is C17H23IN4O4S. The molecule has 0 saturated heterocycles. The molecule has 2 rings (SSSR count). The third-order valence-corrected chi connectivity index (χ3v) is 4.53. The zero-order valence-electron chi connectivity index (χ0n) is 15.0. The largest absolute Gasteiger partial charge is 0.493 e. The molecule has 0 aliphatic heterocycles. The Morgan fingerprint density at radius 2 is 1.63 bits per heavy atom.